The Kier molecular flexibility index (Phi) is 5.80. The van der Waals surface area contributed by atoms with Crippen LogP contribution in [-0.2, 0) is 11.3 Å². The van der Waals surface area contributed by atoms with Crippen molar-refractivity contribution in [2.45, 2.75) is 26.3 Å². The molecule has 0 radical (unpaired) electrons. The monoisotopic (exact) mass is 464 g/mol. The maximum atomic E-state index is 13.4. The third-order valence-corrected chi connectivity index (χ3v) is 7.61. The van der Waals surface area contributed by atoms with Gasteiger partial charge in [-0.25, -0.2) is 9.55 Å². The minimum atomic E-state index is -0.134. The Labute approximate surface area is 194 Å². The van der Waals surface area contributed by atoms with Gasteiger partial charge >= 0.3 is 0 Å². The number of carbonyl (C=O) groups is 1. The minimum absolute atomic E-state index is 0.0592. The number of benzene rings is 1. The van der Waals surface area contributed by atoms with Crippen LogP contribution in [0.15, 0.2) is 58.0 Å². The lowest BCUT2D eigenvalue weighted by molar-refractivity contribution is -0.125. The topological polar surface area (TPSA) is 67.2 Å². The zero-order chi connectivity index (χ0) is 22.1. The van der Waals surface area contributed by atoms with Gasteiger partial charge in [0.05, 0.1) is 23.7 Å². The van der Waals surface area contributed by atoms with E-state index in [1.165, 1.54) is 11.3 Å². The molecule has 1 amide bonds. The molecular formula is C24H24N4O2S2. The Hall–Kier alpha value is -2.97. The number of anilines is 1. The number of aryl methyl sites for hydroxylation is 1. The Balaban J connectivity index is 1.46. The number of fused-ring (bicyclic) bond motifs is 1. The van der Waals surface area contributed by atoms with Crippen LogP contribution in [0, 0.1) is 12.8 Å². The zero-order valence-electron chi connectivity index (χ0n) is 17.8. The molecular weight excluding hydrogens is 440 g/mol. The van der Waals surface area contributed by atoms with Gasteiger partial charge in [0.25, 0.3) is 5.56 Å². The van der Waals surface area contributed by atoms with Crippen molar-refractivity contribution < 1.29 is 4.79 Å². The summed E-state index contributed by atoms with van der Waals surface area (Å²) >= 11 is 3.06. The summed E-state index contributed by atoms with van der Waals surface area (Å²) < 4.78 is 2.35. The van der Waals surface area contributed by atoms with Crippen molar-refractivity contribution in [3.05, 3.63) is 74.0 Å². The van der Waals surface area contributed by atoms with Gasteiger partial charge in [-0.1, -0.05) is 23.8 Å². The highest BCUT2D eigenvalue weighted by Crippen LogP contribution is 2.27. The summed E-state index contributed by atoms with van der Waals surface area (Å²) in [5.41, 5.74) is 2.58. The molecule has 6 nitrogen and oxygen atoms in total. The molecule has 1 saturated heterocycles. The molecule has 1 aliphatic rings. The van der Waals surface area contributed by atoms with Crippen LogP contribution in [0.5, 0.6) is 0 Å². The number of amides is 1. The fourth-order valence-corrected chi connectivity index (χ4v) is 5.55. The quantitative estimate of drug-likeness (QED) is 0.477. The predicted octanol–water partition coefficient (Wildman–Crippen LogP) is 4.35. The molecule has 1 aromatic carbocycles. The smallest absolute Gasteiger partial charge is 0.277 e. The number of nitrogens with one attached hydrogen (secondary N) is 1. The normalized spacial score (nSPS) is 16.4. The molecule has 4 aromatic rings. The molecule has 32 heavy (non-hydrogen) atoms. The summed E-state index contributed by atoms with van der Waals surface area (Å²) in [4.78, 5) is 34.4. The average molecular weight is 465 g/mol. The number of carbonyl (C=O) groups excluding carboxylic acids is 1. The molecule has 0 saturated carbocycles. The van der Waals surface area contributed by atoms with E-state index in [-0.39, 0.29) is 17.4 Å². The fraction of sp³-hybridized carbons (Fsp3) is 0.292. The van der Waals surface area contributed by atoms with Crippen LogP contribution in [-0.4, -0.2) is 28.5 Å². The second-order valence-electron chi connectivity index (χ2n) is 8.11. The van der Waals surface area contributed by atoms with E-state index < -0.39 is 0 Å². The molecule has 0 unspecified atom stereocenters. The SMILES string of the molecule is Cc1ccc(-n2c(N3CCC[C@@H](C(=O)NCc4cccs4)C3)nc3ccsc3c2=O)cc1. The van der Waals surface area contributed by atoms with E-state index in [0.717, 1.165) is 35.5 Å². The molecule has 8 heteroatoms. The predicted molar refractivity (Wildman–Crippen MR) is 131 cm³/mol. The number of aromatic nitrogens is 2. The first-order chi connectivity index (χ1) is 15.6. The molecule has 1 fully saturated rings. The molecule has 0 bridgehead atoms. The van der Waals surface area contributed by atoms with Gasteiger partial charge in [0.15, 0.2) is 0 Å². The summed E-state index contributed by atoms with van der Waals surface area (Å²) in [7, 11) is 0. The maximum Gasteiger partial charge on any atom is 0.277 e. The molecule has 1 atom stereocenters. The molecule has 0 spiro atoms. The van der Waals surface area contributed by atoms with Crippen LogP contribution >= 0.6 is 22.7 Å². The summed E-state index contributed by atoms with van der Waals surface area (Å²) in [6.07, 6.45) is 1.71. The highest BCUT2D eigenvalue weighted by Gasteiger charge is 2.29. The lowest BCUT2D eigenvalue weighted by Gasteiger charge is -2.34. The van der Waals surface area contributed by atoms with Gasteiger partial charge in [-0.05, 0) is 54.8 Å². The summed E-state index contributed by atoms with van der Waals surface area (Å²) in [5.74, 6) is 0.537. The zero-order valence-corrected chi connectivity index (χ0v) is 19.4. The standard InChI is InChI=1S/C24H24N4O2S2/c1-16-6-8-18(9-7-16)28-23(30)21-20(10-13-32-21)26-24(28)27-11-2-4-17(15-27)22(29)25-14-19-5-3-12-31-19/h3,5-10,12-13,17H,2,4,11,14-15H2,1H3,(H,25,29)/t17-/m1/s1. The van der Waals surface area contributed by atoms with Crippen molar-refractivity contribution in [3.63, 3.8) is 0 Å². The van der Waals surface area contributed by atoms with Crippen LogP contribution in [0.1, 0.15) is 23.3 Å². The second kappa shape index (κ2) is 8.88. The fourth-order valence-electron chi connectivity index (χ4n) is 4.14. The Morgan fingerprint density at radius 3 is 2.78 bits per heavy atom. The van der Waals surface area contributed by atoms with Crippen molar-refractivity contribution in [3.8, 4) is 5.69 Å². The van der Waals surface area contributed by atoms with Crippen molar-refractivity contribution in [2.75, 3.05) is 18.0 Å². The van der Waals surface area contributed by atoms with Crippen LogP contribution in [0.25, 0.3) is 15.9 Å². The lowest BCUT2D eigenvalue weighted by Crippen LogP contribution is -2.45. The number of hydrogen-bond acceptors (Lipinski definition) is 6. The molecule has 1 N–H and O–H groups in total. The lowest BCUT2D eigenvalue weighted by atomic mass is 9.97. The minimum Gasteiger partial charge on any atom is -0.351 e. The van der Waals surface area contributed by atoms with Crippen molar-refractivity contribution in [1.29, 1.82) is 0 Å². The van der Waals surface area contributed by atoms with Gasteiger partial charge in [0, 0.05) is 18.0 Å². The molecule has 4 heterocycles. The van der Waals surface area contributed by atoms with E-state index in [0.29, 0.717) is 29.3 Å². The average Bonchev–Trinajstić information content (AvgIpc) is 3.50. The Morgan fingerprint density at radius 1 is 1.16 bits per heavy atom. The maximum absolute atomic E-state index is 13.4. The number of nitrogens with zero attached hydrogens (tertiary/aromatic N) is 3. The number of thiophene rings is 2. The van der Waals surface area contributed by atoms with Crippen LogP contribution in [0.4, 0.5) is 5.95 Å². The highest BCUT2D eigenvalue weighted by atomic mass is 32.1. The van der Waals surface area contributed by atoms with Gasteiger partial charge in [0.2, 0.25) is 11.9 Å². The second-order valence-corrected chi connectivity index (χ2v) is 10.1. The van der Waals surface area contributed by atoms with E-state index >= 15 is 0 Å². The Bertz CT molecular complexity index is 1290. The third kappa shape index (κ3) is 4.08. The molecule has 3 aromatic heterocycles. The first-order valence-electron chi connectivity index (χ1n) is 10.7. The van der Waals surface area contributed by atoms with Gasteiger partial charge < -0.3 is 10.2 Å². The largest absolute Gasteiger partial charge is 0.351 e. The van der Waals surface area contributed by atoms with Gasteiger partial charge in [-0.3, -0.25) is 9.59 Å². The first kappa shape index (κ1) is 20.9. The van der Waals surface area contributed by atoms with E-state index in [1.807, 2.05) is 60.1 Å². The van der Waals surface area contributed by atoms with Crippen molar-refractivity contribution >= 4 is 44.7 Å². The molecule has 5 rings (SSSR count). The van der Waals surface area contributed by atoms with E-state index in [4.69, 9.17) is 4.98 Å². The summed E-state index contributed by atoms with van der Waals surface area (Å²) in [6.45, 7) is 3.89. The van der Waals surface area contributed by atoms with Gasteiger partial charge in [0.1, 0.15) is 4.70 Å². The van der Waals surface area contributed by atoms with E-state index in [2.05, 4.69) is 10.2 Å². The number of rotatable bonds is 5. The van der Waals surface area contributed by atoms with E-state index in [1.54, 1.807) is 15.9 Å². The van der Waals surface area contributed by atoms with Crippen LogP contribution < -0.4 is 15.8 Å². The highest BCUT2D eigenvalue weighted by molar-refractivity contribution is 7.17. The number of hydrogen-bond donors (Lipinski definition) is 1. The van der Waals surface area contributed by atoms with E-state index in [9.17, 15) is 9.59 Å². The molecule has 1 aliphatic heterocycles. The van der Waals surface area contributed by atoms with Crippen molar-refractivity contribution in [2.24, 2.45) is 5.92 Å². The summed E-state index contributed by atoms with van der Waals surface area (Å²) in [6, 6.07) is 13.8. The molecule has 0 aliphatic carbocycles. The third-order valence-electron chi connectivity index (χ3n) is 5.85. The van der Waals surface area contributed by atoms with Crippen LogP contribution in [0.3, 0.4) is 0 Å². The first-order valence-corrected chi connectivity index (χ1v) is 12.5. The Morgan fingerprint density at radius 2 is 2.00 bits per heavy atom. The molecule has 164 valence electrons. The van der Waals surface area contributed by atoms with Crippen molar-refractivity contribution in [1.82, 2.24) is 14.9 Å². The van der Waals surface area contributed by atoms with Gasteiger partial charge in [-0.2, -0.15) is 0 Å². The van der Waals surface area contributed by atoms with Gasteiger partial charge in [-0.15, -0.1) is 22.7 Å². The number of piperidine rings is 1. The van der Waals surface area contributed by atoms with Crippen LogP contribution in [0.2, 0.25) is 0 Å². The summed E-state index contributed by atoms with van der Waals surface area (Å²) in [5, 5.41) is 6.99.